The number of imide groups is 1. The molecule has 0 spiro atoms. The third-order valence-corrected chi connectivity index (χ3v) is 4.69. The molecular formula is C19H24N2O6. The molecule has 3 rings (SSSR count). The Labute approximate surface area is 157 Å². The zero-order valence-corrected chi connectivity index (χ0v) is 15.0. The first-order valence-electron chi connectivity index (χ1n) is 8.95. The summed E-state index contributed by atoms with van der Waals surface area (Å²) in [6, 6.07) is 10.0. The Morgan fingerprint density at radius 1 is 0.963 bits per heavy atom. The van der Waals surface area contributed by atoms with Gasteiger partial charge in [-0.2, -0.15) is 0 Å². The topological polar surface area (TPSA) is 115 Å². The molecule has 146 valence electrons. The number of carbonyl (C=O) groups excluding carboxylic acids is 2. The molecule has 0 saturated carbocycles. The summed E-state index contributed by atoms with van der Waals surface area (Å²) in [6.45, 7) is 2.90. The average molecular weight is 376 g/mol. The van der Waals surface area contributed by atoms with Gasteiger partial charge in [-0.15, -0.1) is 0 Å². The van der Waals surface area contributed by atoms with Crippen molar-refractivity contribution in [3.8, 4) is 0 Å². The zero-order valence-electron chi connectivity index (χ0n) is 15.0. The lowest BCUT2D eigenvalue weighted by Crippen LogP contribution is -2.42. The van der Waals surface area contributed by atoms with Crippen molar-refractivity contribution >= 4 is 23.8 Å². The maximum Gasteiger partial charge on any atom is 0.414 e. The first kappa shape index (κ1) is 20.6. The van der Waals surface area contributed by atoms with Crippen molar-refractivity contribution in [2.75, 3.05) is 26.2 Å². The van der Waals surface area contributed by atoms with E-state index in [1.54, 1.807) is 0 Å². The SMILES string of the molecule is O=C(O)C(=O)O.O=C1CC(c2ccccc2)CN1C(=O)CN1CCCCC1. The third-order valence-electron chi connectivity index (χ3n) is 4.69. The number of likely N-dealkylation sites (tertiary alicyclic amines) is 2. The first-order valence-corrected chi connectivity index (χ1v) is 8.95. The van der Waals surface area contributed by atoms with Gasteiger partial charge < -0.3 is 10.2 Å². The molecule has 0 aromatic heterocycles. The highest BCUT2D eigenvalue weighted by Gasteiger charge is 2.35. The number of carboxylic acid groups (broad SMARTS) is 2. The van der Waals surface area contributed by atoms with E-state index < -0.39 is 11.9 Å². The number of piperidine rings is 1. The standard InChI is InChI=1S/C17H22N2O2.C2H2O4/c20-16-11-15(14-7-3-1-4-8-14)12-19(16)17(21)13-18-9-5-2-6-10-18;3-1(4)2(5)6/h1,3-4,7-8,15H,2,5-6,9-13H2;(H,3,4)(H,5,6). The minimum Gasteiger partial charge on any atom is -0.473 e. The van der Waals surface area contributed by atoms with Crippen molar-refractivity contribution in [2.45, 2.75) is 31.6 Å². The molecule has 8 nitrogen and oxygen atoms in total. The van der Waals surface area contributed by atoms with Crippen molar-refractivity contribution in [3.05, 3.63) is 35.9 Å². The Morgan fingerprint density at radius 3 is 2.11 bits per heavy atom. The van der Waals surface area contributed by atoms with Gasteiger partial charge in [-0.1, -0.05) is 36.8 Å². The second kappa shape index (κ2) is 9.82. The van der Waals surface area contributed by atoms with E-state index in [9.17, 15) is 9.59 Å². The molecule has 27 heavy (non-hydrogen) atoms. The molecule has 8 heteroatoms. The fourth-order valence-electron chi connectivity index (χ4n) is 3.29. The normalized spacial score (nSPS) is 19.9. The van der Waals surface area contributed by atoms with Crippen LogP contribution in [0.4, 0.5) is 0 Å². The van der Waals surface area contributed by atoms with Gasteiger partial charge in [-0.05, 0) is 31.5 Å². The average Bonchev–Trinajstić information content (AvgIpc) is 3.05. The molecule has 2 saturated heterocycles. The molecule has 1 aromatic carbocycles. The molecule has 2 aliphatic heterocycles. The Balaban J connectivity index is 0.000000380. The third kappa shape index (κ3) is 6.18. The maximum absolute atomic E-state index is 12.4. The number of hydrogen-bond donors (Lipinski definition) is 2. The minimum absolute atomic E-state index is 0.0223. The van der Waals surface area contributed by atoms with Gasteiger partial charge in [0.05, 0.1) is 6.54 Å². The smallest absolute Gasteiger partial charge is 0.414 e. The number of hydrogen-bond acceptors (Lipinski definition) is 5. The van der Waals surface area contributed by atoms with E-state index in [0.717, 1.165) is 31.5 Å². The van der Waals surface area contributed by atoms with Crippen molar-refractivity contribution < 1.29 is 29.4 Å². The molecule has 2 fully saturated rings. The van der Waals surface area contributed by atoms with Gasteiger partial charge in [0.15, 0.2) is 0 Å². The van der Waals surface area contributed by atoms with Crippen molar-refractivity contribution in [3.63, 3.8) is 0 Å². The summed E-state index contributed by atoms with van der Waals surface area (Å²) in [7, 11) is 0. The van der Waals surface area contributed by atoms with Gasteiger partial charge in [-0.3, -0.25) is 19.4 Å². The molecule has 2 aliphatic rings. The number of benzene rings is 1. The Kier molecular flexibility index (Phi) is 7.48. The van der Waals surface area contributed by atoms with Crippen LogP contribution in [0, 0.1) is 0 Å². The second-order valence-corrected chi connectivity index (χ2v) is 6.66. The molecule has 2 heterocycles. The van der Waals surface area contributed by atoms with Crippen LogP contribution in [0.1, 0.15) is 37.2 Å². The maximum atomic E-state index is 12.4. The molecule has 0 aliphatic carbocycles. The lowest BCUT2D eigenvalue weighted by atomic mass is 9.99. The van der Waals surface area contributed by atoms with Gasteiger partial charge in [0.1, 0.15) is 0 Å². The largest absolute Gasteiger partial charge is 0.473 e. The highest BCUT2D eigenvalue weighted by molar-refractivity contribution is 6.27. The van der Waals surface area contributed by atoms with Crippen LogP contribution in [-0.4, -0.2) is 69.9 Å². The van der Waals surface area contributed by atoms with E-state index in [1.165, 1.54) is 11.3 Å². The van der Waals surface area contributed by atoms with E-state index in [4.69, 9.17) is 19.8 Å². The van der Waals surface area contributed by atoms with E-state index in [0.29, 0.717) is 19.5 Å². The van der Waals surface area contributed by atoms with Crippen LogP contribution in [0.2, 0.25) is 0 Å². The van der Waals surface area contributed by atoms with Crippen LogP contribution < -0.4 is 0 Å². The van der Waals surface area contributed by atoms with Crippen molar-refractivity contribution in [2.24, 2.45) is 0 Å². The van der Waals surface area contributed by atoms with Gasteiger partial charge in [0.25, 0.3) is 0 Å². The molecule has 0 radical (unpaired) electrons. The molecule has 2 amide bonds. The van der Waals surface area contributed by atoms with E-state index >= 15 is 0 Å². The summed E-state index contributed by atoms with van der Waals surface area (Å²) < 4.78 is 0. The number of aliphatic carboxylic acids is 2. The van der Waals surface area contributed by atoms with Gasteiger partial charge in [0.2, 0.25) is 11.8 Å². The van der Waals surface area contributed by atoms with Crippen LogP contribution in [-0.2, 0) is 19.2 Å². The lowest BCUT2D eigenvalue weighted by molar-refractivity contribution is -0.159. The Bertz CT molecular complexity index is 673. The highest BCUT2D eigenvalue weighted by Crippen LogP contribution is 2.28. The summed E-state index contributed by atoms with van der Waals surface area (Å²) in [5.41, 5.74) is 1.15. The number of rotatable bonds is 3. The summed E-state index contributed by atoms with van der Waals surface area (Å²) in [6.07, 6.45) is 4.03. The fourth-order valence-corrected chi connectivity index (χ4v) is 3.29. The summed E-state index contributed by atoms with van der Waals surface area (Å²) in [5.74, 6) is -3.54. The van der Waals surface area contributed by atoms with E-state index in [1.807, 2.05) is 30.3 Å². The predicted octanol–water partition coefficient (Wildman–Crippen LogP) is 1.17. The molecule has 1 aromatic rings. The number of nitrogens with zero attached hydrogens (tertiary/aromatic N) is 2. The van der Waals surface area contributed by atoms with E-state index in [2.05, 4.69) is 4.90 Å². The van der Waals surface area contributed by atoms with Crippen LogP contribution >= 0.6 is 0 Å². The summed E-state index contributed by atoms with van der Waals surface area (Å²) >= 11 is 0. The Morgan fingerprint density at radius 2 is 1.56 bits per heavy atom. The quantitative estimate of drug-likeness (QED) is 0.761. The van der Waals surface area contributed by atoms with Gasteiger partial charge >= 0.3 is 11.9 Å². The fraction of sp³-hybridized carbons (Fsp3) is 0.474. The minimum atomic E-state index is -1.82. The van der Waals surface area contributed by atoms with E-state index in [-0.39, 0.29) is 17.7 Å². The zero-order chi connectivity index (χ0) is 19.8. The molecule has 1 atom stereocenters. The summed E-state index contributed by atoms with van der Waals surface area (Å²) in [5, 5.41) is 14.8. The second-order valence-electron chi connectivity index (χ2n) is 6.66. The first-order chi connectivity index (χ1) is 12.9. The van der Waals surface area contributed by atoms with Crippen molar-refractivity contribution in [1.82, 2.24) is 9.80 Å². The molecule has 1 unspecified atom stereocenters. The van der Waals surface area contributed by atoms with Crippen LogP contribution in [0.3, 0.4) is 0 Å². The number of carbonyl (C=O) groups is 4. The lowest BCUT2D eigenvalue weighted by Gasteiger charge is -2.27. The predicted molar refractivity (Wildman–Crippen MR) is 96.1 cm³/mol. The van der Waals surface area contributed by atoms with Crippen LogP contribution in [0.5, 0.6) is 0 Å². The molecule has 0 bridgehead atoms. The van der Waals surface area contributed by atoms with Gasteiger partial charge in [-0.25, -0.2) is 9.59 Å². The van der Waals surface area contributed by atoms with Crippen molar-refractivity contribution in [1.29, 1.82) is 0 Å². The molecule has 2 N–H and O–H groups in total. The highest BCUT2D eigenvalue weighted by atomic mass is 16.4. The van der Waals surface area contributed by atoms with Crippen LogP contribution in [0.25, 0.3) is 0 Å². The number of carboxylic acids is 2. The summed E-state index contributed by atoms with van der Waals surface area (Å²) in [4.78, 5) is 46.3. The number of amides is 2. The van der Waals surface area contributed by atoms with Gasteiger partial charge in [0, 0.05) is 18.9 Å². The molecular weight excluding hydrogens is 352 g/mol. The van der Waals surface area contributed by atoms with Crippen LogP contribution in [0.15, 0.2) is 30.3 Å². The monoisotopic (exact) mass is 376 g/mol. The Hall–Kier alpha value is -2.74.